The zero-order valence-electron chi connectivity index (χ0n) is 6.00. The van der Waals surface area contributed by atoms with Crippen molar-refractivity contribution in [2.75, 3.05) is 0 Å². The first kappa shape index (κ1) is 9.36. The molecule has 0 aliphatic carbocycles. The normalized spacial score (nSPS) is 8.00. The Morgan fingerprint density at radius 3 is 2.00 bits per heavy atom. The number of carbonyl (C=O) groups is 1. The van der Waals surface area contributed by atoms with E-state index in [1.807, 2.05) is 18.2 Å². The van der Waals surface area contributed by atoms with Gasteiger partial charge in [0, 0.05) is 5.78 Å². The zero-order chi connectivity index (χ0) is 6.69. The zero-order valence-corrected chi connectivity index (χ0v) is 6.00. The van der Waals surface area contributed by atoms with Gasteiger partial charge in [0.05, 0.1) is 0 Å². The molecule has 1 rings (SSSR count). The average molecular weight is 126 g/mol. The summed E-state index contributed by atoms with van der Waals surface area (Å²) >= 11 is 0. The molecule has 0 aliphatic heterocycles. The third-order valence-corrected chi connectivity index (χ3v) is 1.10. The van der Waals surface area contributed by atoms with Crippen molar-refractivity contribution in [2.24, 2.45) is 0 Å². The molecular weight excluding hydrogens is 119 g/mol. The molecule has 0 spiro atoms. The Kier molecular flexibility index (Phi) is 3.95. The number of ketones is 1. The van der Waals surface area contributed by atoms with Crippen LogP contribution in [0.1, 0.15) is 10.4 Å². The van der Waals surface area contributed by atoms with E-state index < -0.39 is 0 Å². The van der Waals surface area contributed by atoms with Gasteiger partial charge in [-0.3, -0.25) is 0 Å². The van der Waals surface area contributed by atoms with Crippen molar-refractivity contribution in [3.8, 4) is 0 Å². The number of hydrogen-bond acceptors (Lipinski definition) is 1. The molecule has 0 atom stereocenters. The van der Waals surface area contributed by atoms with E-state index in [0.29, 0.717) is 5.56 Å². The summed E-state index contributed by atoms with van der Waals surface area (Å²) in [4.78, 5) is 10.5. The van der Waals surface area contributed by atoms with Crippen LogP contribution in [0.4, 0.5) is 0 Å². The molecule has 1 aromatic carbocycles. The van der Waals surface area contributed by atoms with Gasteiger partial charge in [-0.1, -0.05) is 18.2 Å². The van der Waals surface area contributed by atoms with Crippen molar-refractivity contribution in [1.82, 2.24) is 0 Å². The predicted octanol–water partition coefficient (Wildman–Crippen LogP) is -1.29. The van der Waals surface area contributed by atoms with Crippen LogP contribution in [-0.2, 0) is 0 Å². The first-order chi connectivity index (χ1) is 4.30. The van der Waals surface area contributed by atoms with E-state index >= 15 is 0 Å². The van der Waals surface area contributed by atoms with Crippen LogP contribution >= 0.6 is 0 Å². The third-order valence-electron chi connectivity index (χ3n) is 1.10. The van der Waals surface area contributed by atoms with Gasteiger partial charge in [-0.2, -0.15) is 6.92 Å². The maximum absolute atomic E-state index is 10.5. The fraction of sp³-hybridized carbons (Fsp3) is 0. The van der Waals surface area contributed by atoms with E-state index in [0.717, 1.165) is 0 Å². The van der Waals surface area contributed by atoms with E-state index in [2.05, 4.69) is 6.92 Å². The summed E-state index contributed by atoms with van der Waals surface area (Å²) in [6.07, 6.45) is 0. The molecule has 0 amide bonds. The minimum Gasteiger partial charge on any atom is -0.332 e. The summed E-state index contributed by atoms with van der Waals surface area (Å²) in [6, 6.07) is 8.99. The van der Waals surface area contributed by atoms with Crippen LogP contribution in [0, 0.1) is 6.92 Å². The van der Waals surface area contributed by atoms with Crippen LogP contribution in [-0.4, -0.2) is 5.78 Å². The molecule has 46 valence electrons. The number of carbonyl (C=O) groups excluding carboxylic acids is 1. The molecule has 0 unspecified atom stereocenters. The van der Waals surface area contributed by atoms with Crippen LogP contribution in [0.5, 0.6) is 0 Å². The third kappa shape index (κ3) is 2.31. The Hall–Kier alpha value is -0.643. The molecule has 1 nitrogen and oxygen atoms in total. The van der Waals surface area contributed by atoms with E-state index in [4.69, 9.17) is 0 Å². The molecule has 0 aromatic heterocycles. The first-order valence-electron chi connectivity index (χ1n) is 2.72. The molecule has 0 saturated carbocycles. The molecule has 0 bridgehead atoms. The van der Waals surface area contributed by atoms with Gasteiger partial charge < -0.3 is 4.79 Å². The summed E-state index contributed by atoms with van der Waals surface area (Å²) in [6.45, 7) is 3.27. The Bertz CT molecular complexity index is 206. The van der Waals surface area contributed by atoms with E-state index in [9.17, 15) is 4.79 Å². The summed E-state index contributed by atoms with van der Waals surface area (Å²) in [5.74, 6) is -0.129. The van der Waals surface area contributed by atoms with Crippen molar-refractivity contribution in [3.63, 3.8) is 0 Å². The molecule has 0 radical (unpaired) electrons. The van der Waals surface area contributed by atoms with E-state index in [1.165, 1.54) is 0 Å². The Morgan fingerprint density at radius 2 is 1.70 bits per heavy atom. The van der Waals surface area contributed by atoms with Crippen molar-refractivity contribution in [1.29, 1.82) is 0 Å². The molecule has 10 heavy (non-hydrogen) atoms. The van der Waals surface area contributed by atoms with Crippen LogP contribution in [0.2, 0.25) is 0 Å². The first-order valence-corrected chi connectivity index (χ1v) is 2.72. The van der Waals surface area contributed by atoms with Gasteiger partial charge in [0.15, 0.2) is 0 Å². The summed E-state index contributed by atoms with van der Waals surface area (Å²) in [5, 5.41) is 0. The second kappa shape index (κ2) is 4.22. The minimum absolute atomic E-state index is 0. The molecule has 0 N–H and O–H groups in total. The van der Waals surface area contributed by atoms with Gasteiger partial charge in [-0.15, -0.1) is 17.7 Å². The van der Waals surface area contributed by atoms with E-state index in [1.54, 1.807) is 12.1 Å². The standard InChI is InChI=1S/C8H7O.Li/c1-7(9)8-5-3-2-4-6-8;/h2-6H,1H2;/q-1;+1. The molecule has 1 aromatic rings. The number of hydrogen-bond donors (Lipinski definition) is 0. The van der Waals surface area contributed by atoms with Crippen LogP contribution in [0.3, 0.4) is 0 Å². The quantitative estimate of drug-likeness (QED) is 0.260. The minimum atomic E-state index is -0.129. The molecule has 0 heterocycles. The second-order valence-electron chi connectivity index (χ2n) is 1.79. The van der Waals surface area contributed by atoms with Gasteiger partial charge >= 0.3 is 18.9 Å². The van der Waals surface area contributed by atoms with Gasteiger partial charge in [0.25, 0.3) is 0 Å². The summed E-state index contributed by atoms with van der Waals surface area (Å²) < 4.78 is 0. The van der Waals surface area contributed by atoms with Gasteiger partial charge in [-0.05, 0) is 0 Å². The topological polar surface area (TPSA) is 17.1 Å². The molecule has 0 saturated heterocycles. The van der Waals surface area contributed by atoms with Crippen LogP contribution in [0.25, 0.3) is 0 Å². The maximum Gasteiger partial charge on any atom is 1.00 e. The molecule has 0 fully saturated rings. The number of benzene rings is 1. The second-order valence-corrected chi connectivity index (χ2v) is 1.79. The van der Waals surface area contributed by atoms with Gasteiger partial charge in [-0.25, -0.2) is 0 Å². The molecule has 0 aliphatic rings. The summed E-state index contributed by atoms with van der Waals surface area (Å²) in [5.41, 5.74) is 0.664. The van der Waals surface area contributed by atoms with Gasteiger partial charge in [0.1, 0.15) is 0 Å². The number of rotatable bonds is 1. The van der Waals surface area contributed by atoms with E-state index in [-0.39, 0.29) is 24.6 Å². The predicted molar refractivity (Wildman–Crippen MR) is 36.1 cm³/mol. The number of Topliss-reactive ketones (excluding diaryl/α,β-unsaturated/α-hetero) is 1. The van der Waals surface area contributed by atoms with Crippen molar-refractivity contribution in [2.45, 2.75) is 0 Å². The maximum atomic E-state index is 10.5. The average Bonchev–Trinajstić information content (AvgIpc) is 1.90. The van der Waals surface area contributed by atoms with Gasteiger partial charge in [0.2, 0.25) is 0 Å². The van der Waals surface area contributed by atoms with Crippen LogP contribution in [0.15, 0.2) is 30.3 Å². The van der Waals surface area contributed by atoms with Crippen LogP contribution < -0.4 is 18.9 Å². The fourth-order valence-electron chi connectivity index (χ4n) is 0.624. The summed E-state index contributed by atoms with van der Waals surface area (Å²) in [7, 11) is 0. The molecule has 2 heteroatoms. The van der Waals surface area contributed by atoms with Crippen molar-refractivity contribution >= 4 is 5.78 Å². The Balaban J connectivity index is 0.000000810. The fourth-order valence-corrected chi connectivity index (χ4v) is 0.624. The van der Waals surface area contributed by atoms with Crippen molar-refractivity contribution in [3.05, 3.63) is 42.8 Å². The Morgan fingerprint density at radius 1 is 1.20 bits per heavy atom. The van der Waals surface area contributed by atoms with Crippen molar-refractivity contribution < 1.29 is 23.7 Å². The SMILES string of the molecule is [CH2-]C(=O)c1ccccc1.[Li+]. The Labute approximate surface area is 72.6 Å². The monoisotopic (exact) mass is 126 g/mol. The smallest absolute Gasteiger partial charge is 0.332 e. The largest absolute Gasteiger partial charge is 1.00 e. The molecular formula is C8H7LiO.